The first-order valence-corrected chi connectivity index (χ1v) is 19.0. The summed E-state index contributed by atoms with van der Waals surface area (Å²) >= 11 is 0. The smallest absolute Gasteiger partial charge is 0.250 e. The largest absolute Gasteiger partial charge is 0.485 e. The van der Waals surface area contributed by atoms with Crippen molar-refractivity contribution in [2.24, 2.45) is 0 Å². The van der Waals surface area contributed by atoms with Crippen LogP contribution < -0.4 is 9.47 Å². The first-order chi connectivity index (χ1) is 24.2. The van der Waals surface area contributed by atoms with Crippen LogP contribution in [-0.2, 0) is 33.1 Å². The summed E-state index contributed by atoms with van der Waals surface area (Å²) in [6, 6.07) is 13.3. The first-order valence-electron chi connectivity index (χ1n) is 17.0. The maximum Gasteiger partial charge on any atom is 0.250 e. The Labute approximate surface area is 297 Å². The fourth-order valence-electron chi connectivity index (χ4n) is 7.47. The maximum absolute atomic E-state index is 13.1. The molecule has 2 fully saturated rings. The van der Waals surface area contributed by atoms with E-state index in [1.807, 2.05) is 27.7 Å². The van der Waals surface area contributed by atoms with Gasteiger partial charge >= 0.3 is 0 Å². The lowest BCUT2D eigenvalue weighted by molar-refractivity contribution is -0.178. The van der Waals surface area contributed by atoms with E-state index in [-0.39, 0.29) is 25.4 Å². The zero-order valence-electron chi connectivity index (χ0n) is 29.2. The minimum Gasteiger partial charge on any atom is -0.485 e. The molecule has 4 heterocycles. The summed E-state index contributed by atoms with van der Waals surface area (Å²) < 4.78 is 48.9. The number of carbonyl (C=O) groups is 2. The van der Waals surface area contributed by atoms with Crippen molar-refractivity contribution in [3.05, 3.63) is 58.7 Å². The molecule has 4 atom stereocenters. The number of nitriles is 2. The van der Waals surface area contributed by atoms with Gasteiger partial charge in [0.05, 0.1) is 35.3 Å². The summed E-state index contributed by atoms with van der Waals surface area (Å²) in [5.41, 5.74) is 0.342. The van der Waals surface area contributed by atoms with Crippen molar-refractivity contribution < 1.29 is 47.5 Å². The van der Waals surface area contributed by atoms with Crippen molar-refractivity contribution in [2.45, 2.75) is 88.9 Å². The van der Waals surface area contributed by atoms with E-state index < -0.39 is 55.6 Å². The van der Waals surface area contributed by atoms with Gasteiger partial charge in [0, 0.05) is 37.1 Å². The SMILES string of the molecule is CC1(C)Oc2ccc(C#N)cc2[C@H](N2CCCC2=O)[C@H]1OCOCP(=O)(O)COCO[C@@H]1[C@@H](N2CCCC2=O)c2cc(C#N)ccc2OC1(C)C. The average molecular weight is 723 g/mol. The zero-order valence-corrected chi connectivity index (χ0v) is 30.1. The van der Waals surface area contributed by atoms with Gasteiger partial charge in [-0.15, -0.1) is 0 Å². The number of carbonyl (C=O) groups excluding carboxylic acids is 2. The Bertz CT molecular complexity index is 1680. The van der Waals surface area contributed by atoms with Crippen molar-refractivity contribution >= 4 is 19.2 Å². The van der Waals surface area contributed by atoms with Crippen molar-refractivity contribution in [3.8, 4) is 23.6 Å². The van der Waals surface area contributed by atoms with Crippen LogP contribution >= 0.6 is 7.37 Å². The zero-order chi connectivity index (χ0) is 36.6. The number of ether oxygens (including phenoxy) is 6. The molecule has 0 spiro atoms. The Morgan fingerprint density at radius 3 is 1.55 bits per heavy atom. The van der Waals surface area contributed by atoms with Crippen LogP contribution in [-0.4, -0.2) is 89.3 Å². The molecule has 0 aliphatic carbocycles. The normalized spacial score (nSPS) is 25.0. The van der Waals surface area contributed by atoms with Gasteiger partial charge in [0.15, 0.2) is 0 Å². The highest BCUT2D eigenvalue weighted by molar-refractivity contribution is 7.57. The van der Waals surface area contributed by atoms with Crippen molar-refractivity contribution in [1.82, 2.24) is 9.80 Å². The topological polar surface area (TPSA) is 181 Å². The van der Waals surface area contributed by atoms with E-state index in [0.29, 0.717) is 72.5 Å². The molecule has 0 radical (unpaired) electrons. The number of hydrogen-bond donors (Lipinski definition) is 1. The Morgan fingerprint density at radius 1 is 0.784 bits per heavy atom. The molecular weight excluding hydrogens is 679 g/mol. The second kappa shape index (κ2) is 14.5. The minimum absolute atomic E-state index is 0.0302. The molecule has 0 saturated carbocycles. The third-order valence-corrected chi connectivity index (χ3v) is 10.9. The minimum atomic E-state index is -3.98. The summed E-state index contributed by atoms with van der Waals surface area (Å²) in [6.07, 6.45) is -0.366. The van der Waals surface area contributed by atoms with E-state index in [0.717, 1.165) is 0 Å². The third kappa shape index (κ3) is 7.63. The highest BCUT2D eigenvalue weighted by atomic mass is 31.2. The standard InChI is InChI=1S/C36H43N4O10P/c1-35(2)33(31(39-13-5-7-29(39)41)25-15-23(17-37)9-11-27(25)49-35)47-19-45-21-51(43,44)22-46-20-48-34-32(40-14-6-8-30(40)42)26-16-24(18-38)10-12-28(26)50-36(34,3)4/h9-12,15-16,31-34H,5-8,13-14,19-22H2,1-4H3,(H,43,44)/t31-,32-,33+,34+/m0/s1. The van der Waals surface area contributed by atoms with Gasteiger partial charge in [-0.05, 0) is 76.9 Å². The van der Waals surface area contributed by atoms with Gasteiger partial charge in [0.1, 0.15) is 61.2 Å². The van der Waals surface area contributed by atoms with E-state index in [2.05, 4.69) is 12.1 Å². The van der Waals surface area contributed by atoms with Gasteiger partial charge in [-0.2, -0.15) is 10.5 Å². The molecule has 272 valence electrons. The van der Waals surface area contributed by atoms with Crippen LogP contribution in [0.25, 0.3) is 0 Å². The molecular formula is C36H43N4O10P. The molecule has 14 nitrogen and oxygen atoms in total. The van der Waals surface area contributed by atoms with E-state index in [4.69, 9.17) is 28.4 Å². The van der Waals surface area contributed by atoms with Gasteiger partial charge < -0.3 is 43.1 Å². The van der Waals surface area contributed by atoms with E-state index >= 15 is 0 Å². The fourth-order valence-corrected chi connectivity index (χ4v) is 8.26. The van der Waals surface area contributed by atoms with Crippen molar-refractivity contribution in [3.63, 3.8) is 0 Å². The van der Waals surface area contributed by atoms with Gasteiger partial charge in [-0.1, -0.05) is 0 Å². The number of benzene rings is 2. The monoisotopic (exact) mass is 722 g/mol. The number of amides is 2. The molecule has 2 aromatic rings. The van der Waals surface area contributed by atoms with Crippen LogP contribution in [0.4, 0.5) is 0 Å². The third-order valence-electron chi connectivity index (χ3n) is 9.74. The number of hydrogen-bond acceptors (Lipinski definition) is 11. The molecule has 2 amide bonds. The Balaban J connectivity index is 1.07. The molecule has 51 heavy (non-hydrogen) atoms. The van der Waals surface area contributed by atoms with Crippen LogP contribution in [0.2, 0.25) is 0 Å². The second-order valence-electron chi connectivity index (χ2n) is 14.3. The lowest BCUT2D eigenvalue weighted by Crippen LogP contribution is -2.55. The van der Waals surface area contributed by atoms with Crippen LogP contribution in [0.1, 0.15) is 87.7 Å². The van der Waals surface area contributed by atoms with Crippen LogP contribution in [0.3, 0.4) is 0 Å². The molecule has 0 aromatic heterocycles. The Hall–Kier alpha value is -4.01. The maximum atomic E-state index is 13.1. The quantitative estimate of drug-likeness (QED) is 0.181. The summed E-state index contributed by atoms with van der Waals surface area (Å²) in [6.45, 7) is 7.65. The van der Waals surface area contributed by atoms with Crippen molar-refractivity contribution in [2.75, 3.05) is 39.4 Å². The predicted octanol–water partition coefficient (Wildman–Crippen LogP) is 4.70. The molecule has 2 aromatic carbocycles. The lowest BCUT2D eigenvalue weighted by Gasteiger charge is -2.47. The van der Waals surface area contributed by atoms with Gasteiger partial charge in [-0.3, -0.25) is 14.2 Å². The summed E-state index contributed by atoms with van der Waals surface area (Å²) in [4.78, 5) is 39.9. The highest BCUT2D eigenvalue weighted by Crippen LogP contribution is 2.48. The fraction of sp³-hybridized carbons (Fsp3) is 0.556. The Kier molecular flexibility index (Phi) is 10.5. The summed E-state index contributed by atoms with van der Waals surface area (Å²) in [7, 11) is -3.98. The number of nitrogens with zero attached hydrogens (tertiary/aromatic N) is 4. The molecule has 15 heteroatoms. The molecule has 4 aliphatic heterocycles. The molecule has 0 bridgehead atoms. The number of likely N-dealkylation sites (tertiary alicyclic amines) is 2. The summed E-state index contributed by atoms with van der Waals surface area (Å²) in [5.74, 6) is 1.05. The molecule has 2 saturated heterocycles. The van der Waals surface area contributed by atoms with Gasteiger partial charge in [0.25, 0.3) is 7.37 Å². The van der Waals surface area contributed by atoms with E-state index in [1.165, 1.54) is 0 Å². The molecule has 4 aliphatic rings. The molecule has 6 rings (SSSR count). The van der Waals surface area contributed by atoms with Gasteiger partial charge in [0.2, 0.25) is 11.8 Å². The lowest BCUT2D eigenvalue weighted by atomic mass is 9.85. The van der Waals surface area contributed by atoms with Gasteiger partial charge in [-0.25, -0.2) is 0 Å². The second-order valence-corrected chi connectivity index (χ2v) is 16.5. The van der Waals surface area contributed by atoms with E-state index in [1.54, 1.807) is 46.2 Å². The Morgan fingerprint density at radius 2 is 1.20 bits per heavy atom. The van der Waals surface area contributed by atoms with Crippen molar-refractivity contribution in [1.29, 1.82) is 10.5 Å². The van der Waals surface area contributed by atoms with Crippen LogP contribution in [0, 0.1) is 22.7 Å². The van der Waals surface area contributed by atoms with Crippen LogP contribution in [0.15, 0.2) is 36.4 Å². The number of fused-ring (bicyclic) bond motifs is 2. The first kappa shape index (κ1) is 36.8. The number of rotatable bonds is 12. The predicted molar refractivity (Wildman–Crippen MR) is 180 cm³/mol. The average Bonchev–Trinajstić information content (AvgIpc) is 3.71. The summed E-state index contributed by atoms with van der Waals surface area (Å²) in [5, 5.41) is 19.1. The highest BCUT2D eigenvalue weighted by Gasteiger charge is 2.51. The van der Waals surface area contributed by atoms with Crippen LogP contribution in [0.5, 0.6) is 11.5 Å². The molecule has 1 N–H and O–H groups in total. The molecule has 0 unspecified atom stereocenters. The van der Waals surface area contributed by atoms with E-state index in [9.17, 15) is 29.6 Å².